The summed E-state index contributed by atoms with van der Waals surface area (Å²) in [5.74, 6) is -1.42. The average molecular weight is 801 g/mol. The van der Waals surface area contributed by atoms with Gasteiger partial charge in [0.2, 0.25) is 0 Å². The number of esters is 2. The lowest BCUT2D eigenvalue weighted by Crippen LogP contribution is -2.43. The van der Waals surface area contributed by atoms with Gasteiger partial charge in [-0.05, 0) is 64.2 Å². The zero-order chi connectivity index (χ0) is 40.6. The van der Waals surface area contributed by atoms with E-state index >= 15 is 0 Å². The van der Waals surface area contributed by atoms with Gasteiger partial charge in [-0.1, -0.05) is 120 Å². The number of ether oxygens (including phenoxy) is 3. The number of aliphatic hydroxyl groups is 3. The van der Waals surface area contributed by atoms with E-state index in [1.807, 2.05) is 12.2 Å². The van der Waals surface area contributed by atoms with Crippen molar-refractivity contribution in [3.63, 3.8) is 0 Å². The van der Waals surface area contributed by atoms with Crippen LogP contribution in [0, 0.1) is 5.92 Å². The molecule has 0 radical (unpaired) electrons. The van der Waals surface area contributed by atoms with Gasteiger partial charge in [0, 0.05) is 25.2 Å². The minimum Gasteiger partial charge on any atom is -0.462 e. The van der Waals surface area contributed by atoms with Crippen molar-refractivity contribution in [1.29, 1.82) is 0 Å². The maximum atomic E-state index is 12.5. The molecule has 0 amide bonds. The molecule has 0 aliphatic carbocycles. The van der Waals surface area contributed by atoms with E-state index in [9.17, 15) is 29.5 Å². The van der Waals surface area contributed by atoms with Crippen molar-refractivity contribution in [2.75, 3.05) is 13.2 Å². The molecule has 0 aromatic heterocycles. The highest BCUT2D eigenvalue weighted by Gasteiger charge is 2.35. The molecule has 1 saturated heterocycles. The molecule has 0 saturated carbocycles. The average Bonchev–Trinajstić information content (AvgIpc) is 3.13. The maximum absolute atomic E-state index is 12.5. The lowest BCUT2D eigenvalue weighted by molar-refractivity contribution is -0.199. The first kappa shape index (κ1) is 50.9. The number of unbranched alkanes of at least 4 members (excludes halogenated alkanes) is 12. The van der Waals surface area contributed by atoms with Crippen molar-refractivity contribution in [3.8, 4) is 0 Å². The molecule has 0 bridgehead atoms. The van der Waals surface area contributed by atoms with Gasteiger partial charge in [-0.2, -0.15) is 0 Å². The van der Waals surface area contributed by atoms with Crippen LogP contribution in [0.1, 0.15) is 155 Å². The summed E-state index contributed by atoms with van der Waals surface area (Å²) >= 11 is 0. The minimum atomic E-state index is -4.84. The van der Waals surface area contributed by atoms with Crippen molar-refractivity contribution in [2.45, 2.75) is 186 Å². The standard InChI is InChI=1S/C42H73O12P/c1-3-5-7-8-9-10-11-12-13-14-15-16-17-18-19-24-28-40(45)51-33-36(34-52-55(48,49)50)53-41(46)29-25-21-20-23-27-37-38(44)32-42(47)54-39(37)31-30-35(43)26-22-6-4-2/h9-10,12-13,20,23,30-31,35-39,42-44,47H,3-8,11,14-19,21-22,24-29,32-34H2,1-2H3,(H2,48,49,50)/b10-9-,13-12-,23-20-,31-30+/t35-,36+,37-,38-,39+,42?/m0/s1. The van der Waals surface area contributed by atoms with Crippen LogP contribution < -0.4 is 0 Å². The normalized spacial score (nSPS) is 20.6. The third-order valence-corrected chi connectivity index (χ3v) is 9.85. The molecule has 0 spiro atoms. The quantitative estimate of drug-likeness (QED) is 0.0185. The number of hydrogen-bond donors (Lipinski definition) is 5. The monoisotopic (exact) mass is 800 g/mol. The SMILES string of the molecule is CCCCC/C=C\C/C=C\CCCCCCCCC(=O)OC[C@H](COP(=O)(O)O)OC(=O)CCC/C=C\C[C@H]1[C@@H](O)CC(O)O[C@@H]1/C=C/[C@@H](O)CCCCC. The molecule has 5 N–H and O–H groups in total. The Hall–Kier alpha value is -2.15. The minimum absolute atomic E-state index is 0.0140. The fourth-order valence-corrected chi connectivity index (χ4v) is 6.51. The molecule has 0 aromatic carbocycles. The highest BCUT2D eigenvalue weighted by molar-refractivity contribution is 7.46. The van der Waals surface area contributed by atoms with Crippen molar-refractivity contribution >= 4 is 19.8 Å². The van der Waals surface area contributed by atoms with Crippen molar-refractivity contribution < 1.29 is 58.0 Å². The van der Waals surface area contributed by atoms with Crippen LogP contribution in [0.25, 0.3) is 0 Å². The Morgan fingerprint density at radius 3 is 2.05 bits per heavy atom. The molecule has 1 aliphatic heterocycles. The van der Waals surface area contributed by atoms with Gasteiger partial charge in [-0.3, -0.25) is 14.1 Å². The first-order valence-electron chi connectivity index (χ1n) is 20.8. The Kier molecular flexibility index (Phi) is 30.4. The number of phosphoric acid groups is 1. The van der Waals surface area contributed by atoms with Gasteiger partial charge in [0.25, 0.3) is 0 Å². The lowest BCUT2D eigenvalue weighted by Gasteiger charge is -2.36. The fraction of sp³-hybridized carbons (Fsp3) is 0.762. The molecule has 55 heavy (non-hydrogen) atoms. The van der Waals surface area contributed by atoms with Crippen LogP contribution in [0.5, 0.6) is 0 Å². The first-order valence-corrected chi connectivity index (χ1v) is 22.4. The van der Waals surface area contributed by atoms with E-state index in [-0.39, 0.29) is 31.8 Å². The number of rotatable bonds is 33. The molecular weight excluding hydrogens is 727 g/mol. The molecule has 1 heterocycles. The zero-order valence-electron chi connectivity index (χ0n) is 33.6. The molecule has 12 nitrogen and oxygen atoms in total. The zero-order valence-corrected chi connectivity index (χ0v) is 34.5. The van der Waals surface area contributed by atoms with Crippen LogP contribution >= 0.6 is 7.82 Å². The van der Waals surface area contributed by atoms with Crippen LogP contribution in [0.15, 0.2) is 48.6 Å². The van der Waals surface area contributed by atoms with Crippen molar-refractivity contribution in [1.82, 2.24) is 0 Å². The summed E-state index contributed by atoms with van der Waals surface area (Å²) in [6.45, 7) is 3.31. The number of allylic oxidation sites excluding steroid dienone is 6. The van der Waals surface area contributed by atoms with Crippen LogP contribution in [0.3, 0.4) is 0 Å². The van der Waals surface area contributed by atoms with Crippen LogP contribution in [-0.4, -0.2) is 81.0 Å². The molecule has 6 atom stereocenters. The van der Waals surface area contributed by atoms with Gasteiger partial charge in [-0.25, -0.2) is 4.57 Å². The molecule has 1 fully saturated rings. The summed E-state index contributed by atoms with van der Waals surface area (Å²) in [6, 6.07) is 0. The van der Waals surface area contributed by atoms with E-state index in [2.05, 4.69) is 42.7 Å². The molecular formula is C42H73O12P. The van der Waals surface area contributed by atoms with E-state index in [0.717, 1.165) is 64.2 Å². The van der Waals surface area contributed by atoms with Gasteiger partial charge in [0.05, 0.1) is 24.9 Å². The summed E-state index contributed by atoms with van der Waals surface area (Å²) in [5, 5.41) is 30.8. The summed E-state index contributed by atoms with van der Waals surface area (Å²) in [7, 11) is -4.84. The van der Waals surface area contributed by atoms with Gasteiger partial charge in [0.15, 0.2) is 12.4 Å². The van der Waals surface area contributed by atoms with Gasteiger partial charge in [0.1, 0.15) is 6.61 Å². The van der Waals surface area contributed by atoms with Crippen molar-refractivity contribution in [2.24, 2.45) is 5.92 Å². The summed E-state index contributed by atoms with van der Waals surface area (Å²) in [5.41, 5.74) is 0. The summed E-state index contributed by atoms with van der Waals surface area (Å²) in [6.07, 6.45) is 30.2. The highest BCUT2D eigenvalue weighted by atomic mass is 31.2. The smallest absolute Gasteiger partial charge is 0.462 e. The molecule has 1 unspecified atom stereocenters. The second-order valence-corrected chi connectivity index (χ2v) is 15.7. The topological polar surface area (TPSA) is 189 Å². The Labute approximate surface area is 330 Å². The Bertz CT molecular complexity index is 1150. The lowest BCUT2D eigenvalue weighted by atomic mass is 9.87. The van der Waals surface area contributed by atoms with E-state index in [0.29, 0.717) is 32.1 Å². The number of carbonyl (C=O) groups is 2. The molecule has 0 aromatic rings. The highest BCUT2D eigenvalue weighted by Crippen LogP contribution is 2.36. The number of aliphatic hydroxyl groups excluding tert-OH is 3. The van der Waals surface area contributed by atoms with E-state index in [1.165, 1.54) is 25.7 Å². The Morgan fingerprint density at radius 2 is 1.36 bits per heavy atom. The second-order valence-electron chi connectivity index (χ2n) is 14.5. The number of hydrogen-bond acceptors (Lipinski definition) is 10. The van der Waals surface area contributed by atoms with Gasteiger partial charge >= 0.3 is 19.8 Å². The Morgan fingerprint density at radius 1 is 0.764 bits per heavy atom. The van der Waals surface area contributed by atoms with E-state index < -0.39 is 57.1 Å². The van der Waals surface area contributed by atoms with Crippen molar-refractivity contribution in [3.05, 3.63) is 48.6 Å². The maximum Gasteiger partial charge on any atom is 0.469 e. The molecule has 1 rings (SSSR count). The predicted molar refractivity (Wildman–Crippen MR) is 215 cm³/mol. The van der Waals surface area contributed by atoms with Gasteiger partial charge in [-0.15, -0.1) is 0 Å². The van der Waals surface area contributed by atoms with E-state index in [1.54, 1.807) is 12.2 Å². The molecule has 318 valence electrons. The number of carbonyl (C=O) groups excluding carboxylic acids is 2. The predicted octanol–water partition coefficient (Wildman–Crippen LogP) is 8.45. The van der Waals surface area contributed by atoms with Crippen LogP contribution in [0.4, 0.5) is 0 Å². The molecule has 1 aliphatic rings. The summed E-state index contributed by atoms with van der Waals surface area (Å²) in [4.78, 5) is 43.1. The second kappa shape index (κ2) is 32.9. The van der Waals surface area contributed by atoms with Gasteiger partial charge < -0.3 is 39.3 Å². The third kappa shape index (κ3) is 29.7. The van der Waals surface area contributed by atoms with E-state index in [4.69, 9.17) is 24.0 Å². The fourth-order valence-electron chi connectivity index (χ4n) is 6.15. The molecule has 13 heteroatoms. The van der Waals surface area contributed by atoms with Crippen LogP contribution in [-0.2, 0) is 32.9 Å². The largest absolute Gasteiger partial charge is 0.469 e. The Balaban J connectivity index is 2.34. The van der Waals surface area contributed by atoms with Crippen LogP contribution in [0.2, 0.25) is 0 Å². The number of phosphoric ester groups is 1. The summed E-state index contributed by atoms with van der Waals surface area (Å²) < 4.78 is 32.0. The third-order valence-electron chi connectivity index (χ3n) is 9.37. The first-order chi connectivity index (χ1) is 26.4.